The summed E-state index contributed by atoms with van der Waals surface area (Å²) < 4.78 is 17.1. The number of primary amides is 1. The lowest BCUT2D eigenvalue weighted by Gasteiger charge is -2.12. The van der Waals surface area contributed by atoms with Crippen molar-refractivity contribution < 1.29 is 9.18 Å². The van der Waals surface area contributed by atoms with Gasteiger partial charge in [-0.2, -0.15) is 0 Å². The van der Waals surface area contributed by atoms with Crippen molar-refractivity contribution in [2.24, 2.45) is 5.73 Å². The Balaban J connectivity index is 1.81. The third-order valence-electron chi connectivity index (χ3n) is 5.30. The normalized spacial score (nSPS) is 11.5. The summed E-state index contributed by atoms with van der Waals surface area (Å²) in [6.45, 7) is 0.505. The minimum Gasteiger partial charge on any atom is -0.366 e. The van der Waals surface area contributed by atoms with Gasteiger partial charge in [-0.25, -0.2) is 4.39 Å². The van der Waals surface area contributed by atoms with Gasteiger partial charge in [0.25, 0.3) is 0 Å². The average molecular weight is 446 g/mol. The van der Waals surface area contributed by atoms with Crippen molar-refractivity contribution in [1.29, 1.82) is 0 Å². The number of hydrogen-bond acceptors (Lipinski definition) is 1. The van der Waals surface area contributed by atoms with Crippen LogP contribution in [0.5, 0.6) is 0 Å². The van der Waals surface area contributed by atoms with Crippen molar-refractivity contribution in [2.45, 2.75) is 6.54 Å². The lowest BCUT2D eigenvalue weighted by Crippen LogP contribution is -2.11. The molecule has 0 unspecified atom stereocenters. The number of benzene rings is 4. The van der Waals surface area contributed by atoms with E-state index in [9.17, 15) is 9.18 Å². The molecule has 0 fully saturated rings. The second-order valence-electron chi connectivity index (χ2n) is 6.99. The molecule has 1 aromatic heterocycles. The van der Waals surface area contributed by atoms with Gasteiger partial charge in [0, 0.05) is 27.4 Å². The van der Waals surface area contributed by atoms with Crippen molar-refractivity contribution in [1.82, 2.24) is 4.57 Å². The number of halogens is 2. The van der Waals surface area contributed by atoms with Gasteiger partial charge in [-0.3, -0.25) is 4.79 Å². The summed E-state index contributed by atoms with van der Waals surface area (Å²) >= 11 is 3.74. The lowest BCUT2D eigenvalue weighted by atomic mass is 10.1. The highest BCUT2D eigenvalue weighted by Gasteiger charge is 2.18. The van der Waals surface area contributed by atoms with E-state index in [4.69, 9.17) is 5.73 Å². The highest BCUT2D eigenvalue weighted by molar-refractivity contribution is 9.10. The Hall–Kier alpha value is -3.18. The van der Waals surface area contributed by atoms with E-state index in [0.717, 1.165) is 26.3 Å². The number of aromatic nitrogens is 1. The first-order chi connectivity index (χ1) is 14.0. The highest BCUT2D eigenvalue weighted by Crippen LogP contribution is 2.34. The molecule has 5 heteroatoms. The van der Waals surface area contributed by atoms with E-state index in [1.807, 2.05) is 22.8 Å². The predicted molar refractivity (Wildman–Crippen MR) is 118 cm³/mol. The van der Waals surface area contributed by atoms with E-state index < -0.39 is 5.91 Å². The minimum atomic E-state index is -0.515. The Labute approximate surface area is 174 Å². The van der Waals surface area contributed by atoms with Crippen molar-refractivity contribution in [3.63, 3.8) is 0 Å². The SMILES string of the molecule is NC(=O)c1cccc2c1c1[c]cc(F)cc1n2Cc1ccc2ccccc2c1Br. The third-order valence-corrected chi connectivity index (χ3v) is 6.23. The molecule has 5 rings (SSSR count). The molecule has 3 nitrogen and oxygen atoms in total. The molecule has 0 atom stereocenters. The van der Waals surface area contributed by atoms with Crippen LogP contribution in [0.2, 0.25) is 0 Å². The van der Waals surface area contributed by atoms with E-state index in [1.165, 1.54) is 12.1 Å². The van der Waals surface area contributed by atoms with Gasteiger partial charge in [-0.15, -0.1) is 0 Å². The maximum atomic E-state index is 14.1. The first-order valence-electron chi connectivity index (χ1n) is 9.12. The molecule has 0 aliphatic carbocycles. The van der Waals surface area contributed by atoms with Crippen LogP contribution in [0, 0.1) is 11.9 Å². The Morgan fingerprint density at radius 3 is 2.72 bits per heavy atom. The van der Waals surface area contributed by atoms with Crippen LogP contribution in [-0.2, 0) is 6.54 Å². The Bertz CT molecular complexity index is 1440. The van der Waals surface area contributed by atoms with Gasteiger partial charge in [0.05, 0.1) is 11.0 Å². The molecule has 0 aliphatic rings. The Morgan fingerprint density at radius 2 is 1.90 bits per heavy atom. The Kier molecular flexibility index (Phi) is 4.14. The third kappa shape index (κ3) is 2.81. The predicted octanol–water partition coefficient (Wildman–Crippen LogP) is 5.80. The molecule has 1 heterocycles. The quantitative estimate of drug-likeness (QED) is 0.374. The molecule has 0 aliphatic heterocycles. The van der Waals surface area contributed by atoms with Crippen molar-refractivity contribution in [2.75, 3.05) is 0 Å². The number of rotatable bonds is 3. The number of hydrogen-bond donors (Lipinski definition) is 1. The van der Waals surface area contributed by atoms with Crippen LogP contribution in [0.3, 0.4) is 0 Å². The van der Waals surface area contributed by atoms with Crippen molar-refractivity contribution >= 4 is 54.4 Å². The zero-order valence-corrected chi connectivity index (χ0v) is 16.8. The molecule has 141 valence electrons. The van der Waals surface area contributed by atoms with Crippen LogP contribution in [0.15, 0.2) is 71.2 Å². The molecule has 2 N–H and O–H groups in total. The van der Waals surface area contributed by atoms with Gasteiger partial charge in [0.1, 0.15) is 5.82 Å². The molecule has 0 saturated carbocycles. The van der Waals surface area contributed by atoms with Gasteiger partial charge >= 0.3 is 0 Å². The molecule has 4 aromatic carbocycles. The number of amides is 1. The number of nitrogens with zero attached hydrogens (tertiary/aromatic N) is 1. The molecule has 0 spiro atoms. The van der Waals surface area contributed by atoms with E-state index in [2.05, 4.69) is 46.3 Å². The van der Waals surface area contributed by atoms with Gasteiger partial charge < -0.3 is 10.3 Å². The van der Waals surface area contributed by atoms with Crippen molar-refractivity contribution in [3.8, 4) is 0 Å². The van der Waals surface area contributed by atoms with Gasteiger partial charge in [-0.1, -0.05) is 42.5 Å². The second-order valence-corrected chi connectivity index (χ2v) is 7.78. The number of fused-ring (bicyclic) bond motifs is 4. The molecule has 5 aromatic rings. The van der Waals surface area contributed by atoms with E-state index in [1.54, 1.807) is 12.1 Å². The first kappa shape index (κ1) is 17.9. The van der Waals surface area contributed by atoms with Crippen LogP contribution in [0.4, 0.5) is 4.39 Å². The average Bonchev–Trinajstić information content (AvgIpc) is 3.03. The maximum absolute atomic E-state index is 14.1. The monoisotopic (exact) mass is 445 g/mol. The standard InChI is InChI=1S/C24H15BrFN2O/c25-23-15(9-8-14-4-1-2-5-17(14)23)13-28-20-7-3-6-19(24(27)29)22(20)18-11-10-16(26)12-21(18)28/h1-10,12H,13H2,(H2,27,29). The van der Waals surface area contributed by atoms with Gasteiger partial charge in [0.15, 0.2) is 0 Å². The van der Waals surface area contributed by atoms with E-state index >= 15 is 0 Å². The summed E-state index contributed by atoms with van der Waals surface area (Å²) in [5, 5.41) is 3.64. The molecule has 0 saturated heterocycles. The lowest BCUT2D eigenvalue weighted by molar-refractivity contribution is 0.100. The van der Waals surface area contributed by atoms with Crippen LogP contribution < -0.4 is 5.73 Å². The summed E-state index contributed by atoms with van der Waals surface area (Å²) in [6.07, 6.45) is 0. The number of carbonyl (C=O) groups is 1. The van der Waals surface area contributed by atoms with Crippen LogP contribution in [0.1, 0.15) is 15.9 Å². The fraction of sp³-hybridized carbons (Fsp3) is 0.0417. The largest absolute Gasteiger partial charge is 0.366 e. The summed E-state index contributed by atoms with van der Waals surface area (Å²) in [4.78, 5) is 12.0. The summed E-state index contributed by atoms with van der Waals surface area (Å²) in [5.74, 6) is -0.890. The van der Waals surface area contributed by atoms with Crippen LogP contribution >= 0.6 is 15.9 Å². The zero-order chi connectivity index (χ0) is 20.1. The molecular formula is C24H15BrFN2O. The minimum absolute atomic E-state index is 0.375. The van der Waals surface area contributed by atoms with Crippen LogP contribution in [-0.4, -0.2) is 10.5 Å². The number of carbonyl (C=O) groups excluding carboxylic acids is 1. The fourth-order valence-corrected chi connectivity index (χ4v) is 4.60. The molecular weight excluding hydrogens is 431 g/mol. The van der Waals surface area contributed by atoms with Gasteiger partial charge in [-0.05, 0) is 62.6 Å². The first-order valence-corrected chi connectivity index (χ1v) is 9.92. The zero-order valence-electron chi connectivity index (χ0n) is 15.2. The molecule has 29 heavy (non-hydrogen) atoms. The van der Waals surface area contributed by atoms with E-state index in [0.29, 0.717) is 28.4 Å². The molecule has 1 radical (unpaired) electrons. The smallest absolute Gasteiger partial charge is 0.249 e. The van der Waals surface area contributed by atoms with Crippen molar-refractivity contribution in [3.05, 3.63) is 94.2 Å². The Morgan fingerprint density at radius 1 is 1.07 bits per heavy atom. The summed E-state index contributed by atoms with van der Waals surface area (Å²) in [7, 11) is 0. The second kappa shape index (κ2) is 6.71. The maximum Gasteiger partial charge on any atom is 0.249 e. The van der Waals surface area contributed by atoms with Gasteiger partial charge in [0.2, 0.25) is 5.91 Å². The summed E-state index contributed by atoms with van der Waals surface area (Å²) in [6, 6.07) is 23.4. The molecule has 0 bridgehead atoms. The summed E-state index contributed by atoms with van der Waals surface area (Å²) in [5.41, 5.74) is 8.56. The highest BCUT2D eigenvalue weighted by atomic mass is 79.9. The number of nitrogens with two attached hydrogens (primary N) is 1. The molecule has 1 amide bonds. The van der Waals surface area contributed by atoms with Crippen LogP contribution in [0.25, 0.3) is 32.6 Å². The van der Waals surface area contributed by atoms with E-state index in [-0.39, 0.29) is 5.82 Å². The fourth-order valence-electron chi connectivity index (χ4n) is 3.98. The topological polar surface area (TPSA) is 48.0 Å².